The van der Waals surface area contributed by atoms with E-state index in [0.717, 1.165) is 12.8 Å². The molecule has 0 radical (unpaired) electrons. The van der Waals surface area contributed by atoms with Crippen molar-refractivity contribution >= 4 is 5.97 Å². The molecule has 0 rings (SSSR count). The van der Waals surface area contributed by atoms with Crippen LogP contribution >= 0.6 is 0 Å². The van der Waals surface area contributed by atoms with E-state index in [4.69, 9.17) is 5.11 Å². The molecular formula is C19H39NO3. The van der Waals surface area contributed by atoms with Crippen molar-refractivity contribution in [2.24, 2.45) is 5.90 Å². The van der Waals surface area contributed by atoms with E-state index < -0.39 is 5.97 Å². The van der Waals surface area contributed by atoms with E-state index in [1.807, 2.05) is 0 Å². The number of nitrogens with two attached hydrogens (primary N) is 1. The van der Waals surface area contributed by atoms with Crippen molar-refractivity contribution in [2.45, 2.75) is 96.8 Å². The van der Waals surface area contributed by atoms with Gasteiger partial charge < -0.3 is 9.94 Å². The molecule has 0 aliphatic rings. The predicted octanol–water partition coefficient (Wildman–Crippen LogP) is 5.62. The minimum Gasteiger partial charge on any atom is -0.481 e. The summed E-state index contributed by atoms with van der Waals surface area (Å²) in [6.07, 6.45) is 18.9. The highest BCUT2D eigenvalue weighted by Crippen LogP contribution is 2.12. The van der Waals surface area contributed by atoms with Gasteiger partial charge in [0.2, 0.25) is 0 Å². The molecule has 4 heteroatoms. The van der Waals surface area contributed by atoms with Crippen LogP contribution in [0, 0.1) is 0 Å². The van der Waals surface area contributed by atoms with E-state index in [1.54, 1.807) is 6.08 Å². The zero-order valence-electron chi connectivity index (χ0n) is 15.2. The number of aliphatic carboxylic acids is 1. The molecule has 0 aromatic heterocycles. The van der Waals surface area contributed by atoms with Crippen LogP contribution in [0.5, 0.6) is 0 Å². The Bertz CT molecular complexity index is 245. The van der Waals surface area contributed by atoms with Crippen LogP contribution in [0.3, 0.4) is 0 Å². The fourth-order valence-electron chi connectivity index (χ4n) is 2.36. The molecule has 0 saturated carbocycles. The predicted molar refractivity (Wildman–Crippen MR) is 98.3 cm³/mol. The van der Waals surface area contributed by atoms with Crippen LogP contribution in [-0.4, -0.2) is 17.7 Å². The maximum absolute atomic E-state index is 10.3. The second-order valence-corrected chi connectivity index (χ2v) is 6.01. The first-order chi connectivity index (χ1) is 11.2. The maximum Gasteiger partial charge on any atom is 0.303 e. The summed E-state index contributed by atoms with van der Waals surface area (Å²) in [4.78, 5) is 14.4. The van der Waals surface area contributed by atoms with Crippen LogP contribution in [0.2, 0.25) is 0 Å². The van der Waals surface area contributed by atoms with Crippen molar-refractivity contribution in [3.05, 3.63) is 12.7 Å². The molecular weight excluding hydrogens is 290 g/mol. The summed E-state index contributed by atoms with van der Waals surface area (Å²) in [5.74, 6) is 3.91. The van der Waals surface area contributed by atoms with E-state index in [0.29, 0.717) is 13.0 Å². The van der Waals surface area contributed by atoms with E-state index in [9.17, 15) is 4.79 Å². The van der Waals surface area contributed by atoms with Gasteiger partial charge in [0, 0.05) is 6.42 Å². The zero-order valence-corrected chi connectivity index (χ0v) is 15.2. The van der Waals surface area contributed by atoms with E-state index >= 15 is 0 Å². The Hall–Kier alpha value is -0.870. The molecule has 0 amide bonds. The second-order valence-electron chi connectivity index (χ2n) is 6.01. The van der Waals surface area contributed by atoms with E-state index in [-0.39, 0.29) is 0 Å². The molecule has 0 aromatic carbocycles. The number of rotatable bonds is 16. The van der Waals surface area contributed by atoms with Crippen molar-refractivity contribution in [3.63, 3.8) is 0 Å². The van der Waals surface area contributed by atoms with Gasteiger partial charge in [-0.3, -0.25) is 4.79 Å². The van der Waals surface area contributed by atoms with Crippen molar-refractivity contribution < 1.29 is 14.7 Å². The Balaban J connectivity index is 0. The first kappa shape index (κ1) is 24.4. The smallest absolute Gasteiger partial charge is 0.303 e. The standard InChI is InChI=1S/C16H32O2.C3H7NO/c1-2-3-4-5-6-7-8-9-10-11-12-13-14-15-16(17)18;1-2-3-5-4/h2-15H2,1H3,(H,17,18);2H,1,3-4H2. The van der Waals surface area contributed by atoms with Crippen LogP contribution in [0.25, 0.3) is 0 Å². The fraction of sp³-hybridized carbons (Fsp3) is 0.842. The minimum absolute atomic E-state index is 0.345. The SMILES string of the molecule is C=CCON.CCCCCCCCCCCCCCCC(=O)O. The van der Waals surface area contributed by atoms with Crippen molar-refractivity contribution in [1.82, 2.24) is 0 Å². The fourth-order valence-corrected chi connectivity index (χ4v) is 2.36. The summed E-state index contributed by atoms with van der Waals surface area (Å²) < 4.78 is 0. The average molecular weight is 330 g/mol. The summed E-state index contributed by atoms with van der Waals surface area (Å²) in [5, 5.41) is 8.49. The Labute approximate surface area is 143 Å². The van der Waals surface area contributed by atoms with Gasteiger partial charge in [-0.2, -0.15) is 0 Å². The number of hydrogen-bond acceptors (Lipinski definition) is 3. The van der Waals surface area contributed by atoms with Crippen molar-refractivity contribution in [2.75, 3.05) is 6.61 Å². The number of hydrogen-bond donors (Lipinski definition) is 2. The van der Waals surface area contributed by atoms with Gasteiger partial charge in [0.15, 0.2) is 0 Å². The zero-order chi connectivity index (χ0) is 17.6. The first-order valence-electron chi connectivity index (χ1n) is 9.33. The molecule has 0 saturated heterocycles. The lowest BCUT2D eigenvalue weighted by Gasteiger charge is -2.02. The molecule has 0 heterocycles. The second kappa shape index (κ2) is 23.4. The van der Waals surface area contributed by atoms with Gasteiger partial charge in [0.25, 0.3) is 0 Å². The normalized spacial score (nSPS) is 10.0. The van der Waals surface area contributed by atoms with E-state index in [2.05, 4.69) is 24.2 Å². The Morgan fingerprint density at radius 2 is 1.30 bits per heavy atom. The largest absolute Gasteiger partial charge is 0.481 e. The molecule has 4 nitrogen and oxygen atoms in total. The number of carboxylic acids is 1. The van der Waals surface area contributed by atoms with Crippen LogP contribution in [0.15, 0.2) is 12.7 Å². The molecule has 0 aromatic rings. The summed E-state index contributed by atoms with van der Waals surface area (Å²) >= 11 is 0. The molecule has 0 spiro atoms. The topological polar surface area (TPSA) is 72.5 Å². The Kier molecular flexibility index (Phi) is 24.8. The van der Waals surface area contributed by atoms with Gasteiger partial charge in [-0.25, -0.2) is 5.90 Å². The van der Waals surface area contributed by atoms with Gasteiger partial charge >= 0.3 is 5.97 Å². The summed E-state index contributed by atoms with van der Waals surface area (Å²) in [5.41, 5.74) is 0. The lowest BCUT2D eigenvalue weighted by Crippen LogP contribution is -1.96. The Morgan fingerprint density at radius 1 is 0.913 bits per heavy atom. The molecule has 3 N–H and O–H groups in total. The monoisotopic (exact) mass is 329 g/mol. The van der Waals surface area contributed by atoms with Gasteiger partial charge in [0.05, 0.1) is 6.61 Å². The van der Waals surface area contributed by atoms with Gasteiger partial charge in [-0.05, 0) is 6.42 Å². The highest BCUT2D eigenvalue weighted by Gasteiger charge is 1.96. The molecule has 23 heavy (non-hydrogen) atoms. The third-order valence-corrected chi connectivity index (χ3v) is 3.71. The van der Waals surface area contributed by atoms with Crippen LogP contribution in [-0.2, 0) is 9.63 Å². The van der Waals surface area contributed by atoms with Gasteiger partial charge in [0.1, 0.15) is 0 Å². The molecule has 0 bridgehead atoms. The summed E-state index contributed by atoms with van der Waals surface area (Å²) in [7, 11) is 0. The quantitative estimate of drug-likeness (QED) is 0.219. The van der Waals surface area contributed by atoms with E-state index in [1.165, 1.54) is 70.6 Å². The lowest BCUT2D eigenvalue weighted by atomic mass is 10.0. The average Bonchev–Trinajstić information content (AvgIpc) is 2.53. The third-order valence-electron chi connectivity index (χ3n) is 3.71. The first-order valence-corrected chi connectivity index (χ1v) is 9.33. The molecule has 0 unspecified atom stereocenters. The molecule has 0 aliphatic heterocycles. The molecule has 0 aliphatic carbocycles. The number of carbonyl (C=O) groups is 1. The minimum atomic E-state index is -0.655. The Morgan fingerprint density at radius 3 is 1.57 bits per heavy atom. The number of unbranched alkanes of at least 4 members (excludes halogenated alkanes) is 12. The summed E-state index contributed by atoms with van der Waals surface area (Å²) in [6, 6.07) is 0. The lowest BCUT2D eigenvalue weighted by molar-refractivity contribution is -0.137. The van der Waals surface area contributed by atoms with Crippen molar-refractivity contribution in [3.8, 4) is 0 Å². The third kappa shape index (κ3) is 29.7. The molecule has 138 valence electrons. The van der Waals surface area contributed by atoms with Crippen LogP contribution in [0.1, 0.15) is 96.8 Å². The van der Waals surface area contributed by atoms with Crippen molar-refractivity contribution in [1.29, 1.82) is 0 Å². The number of carboxylic acid groups (broad SMARTS) is 1. The highest BCUT2D eigenvalue weighted by atomic mass is 16.6. The van der Waals surface area contributed by atoms with Gasteiger partial charge in [-0.1, -0.05) is 90.0 Å². The molecule has 0 atom stereocenters. The summed E-state index contributed by atoms with van der Waals surface area (Å²) in [6.45, 7) is 6.04. The highest BCUT2D eigenvalue weighted by molar-refractivity contribution is 5.66. The van der Waals surface area contributed by atoms with Crippen LogP contribution in [0.4, 0.5) is 0 Å². The van der Waals surface area contributed by atoms with Gasteiger partial charge in [-0.15, -0.1) is 6.58 Å². The van der Waals surface area contributed by atoms with Crippen LogP contribution < -0.4 is 5.90 Å². The molecule has 0 fully saturated rings. The maximum atomic E-state index is 10.3.